The van der Waals surface area contributed by atoms with E-state index in [0.29, 0.717) is 0 Å². The van der Waals surface area contributed by atoms with Crippen molar-refractivity contribution in [3.8, 4) is 11.5 Å². The van der Waals surface area contributed by atoms with Gasteiger partial charge in [0.25, 0.3) is 0 Å². The quantitative estimate of drug-likeness (QED) is 0.0622. The molecule has 0 atom stereocenters. The van der Waals surface area contributed by atoms with Crippen LogP contribution in [0.1, 0.15) is 276 Å². The van der Waals surface area contributed by atoms with E-state index in [4.69, 9.17) is 9.47 Å². The first kappa shape index (κ1) is 50.8. The van der Waals surface area contributed by atoms with Gasteiger partial charge >= 0.3 is 0 Å². The van der Waals surface area contributed by atoms with Crippen molar-refractivity contribution in [1.82, 2.24) is 0 Å². The molecule has 0 N–H and O–H groups in total. The van der Waals surface area contributed by atoms with E-state index in [1.807, 2.05) is 18.2 Å². The van der Waals surface area contributed by atoms with Crippen LogP contribution < -0.4 is 9.47 Å². The van der Waals surface area contributed by atoms with E-state index in [0.717, 1.165) is 43.1 Å². The second-order valence-electron chi connectivity index (χ2n) is 17.1. The van der Waals surface area contributed by atoms with Crippen LogP contribution in [0.4, 0.5) is 0 Å². The highest BCUT2D eigenvalue weighted by atomic mass is 16.5. The largest absolute Gasteiger partial charge is 0.493 e. The molecule has 317 valence electrons. The van der Waals surface area contributed by atoms with Crippen LogP contribution in [-0.4, -0.2) is 13.2 Å². The molecule has 0 fully saturated rings. The van der Waals surface area contributed by atoms with Gasteiger partial charge in [-0.15, -0.1) is 0 Å². The van der Waals surface area contributed by atoms with E-state index in [1.54, 1.807) is 0 Å². The van der Waals surface area contributed by atoms with Crippen molar-refractivity contribution in [3.63, 3.8) is 0 Å². The minimum atomic E-state index is -0.230. The van der Waals surface area contributed by atoms with Crippen molar-refractivity contribution < 1.29 is 14.6 Å². The Morgan fingerprint density at radius 1 is 0.296 bits per heavy atom. The van der Waals surface area contributed by atoms with Gasteiger partial charge in [-0.05, 0) is 30.5 Å². The molecule has 0 heterocycles. The fourth-order valence-corrected chi connectivity index (χ4v) is 7.98. The molecule has 0 spiro atoms. The van der Waals surface area contributed by atoms with Gasteiger partial charge in [-0.25, -0.2) is 5.11 Å². The fourth-order valence-electron chi connectivity index (χ4n) is 7.98. The monoisotopic (exact) mass is 756 g/mol. The molecule has 0 aliphatic rings. The molecular formula is C51H95O3. The van der Waals surface area contributed by atoms with Gasteiger partial charge in [0.2, 0.25) is 0 Å². The summed E-state index contributed by atoms with van der Waals surface area (Å²) in [5.74, 6) is 1.58. The standard InChI is InChI=1S/C51H95O3/c1-3-5-7-9-11-13-15-17-19-21-23-25-27-29-31-33-35-37-39-41-43-53-50-45-49(48-52)46-51(47-50)54-44-42-40-38-36-34-32-30-28-26-24-22-20-18-16-14-12-10-8-6-4-2/h45-47H,3-44,48H2,1-2H3. The third kappa shape index (κ3) is 36.4. The molecular weight excluding hydrogens is 661 g/mol. The predicted molar refractivity (Wildman–Crippen MR) is 238 cm³/mol. The molecule has 54 heavy (non-hydrogen) atoms. The average Bonchev–Trinajstić information content (AvgIpc) is 3.19. The van der Waals surface area contributed by atoms with E-state index >= 15 is 0 Å². The Morgan fingerprint density at radius 3 is 0.704 bits per heavy atom. The number of hydrogen-bond donors (Lipinski definition) is 0. The van der Waals surface area contributed by atoms with Crippen molar-refractivity contribution in [1.29, 1.82) is 0 Å². The summed E-state index contributed by atoms with van der Waals surface area (Å²) in [5.41, 5.74) is 0.759. The molecule has 1 radical (unpaired) electrons. The third-order valence-electron chi connectivity index (χ3n) is 11.6. The lowest BCUT2D eigenvalue weighted by molar-refractivity contribution is 0.176. The van der Waals surface area contributed by atoms with Crippen LogP contribution in [0.3, 0.4) is 0 Å². The zero-order valence-electron chi connectivity index (χ0n) is 36.9. The summed E-state index contributed by atoms with van der Waals surface area (Å²) in [4.78, 5) is 0. The summed E-state index contributed by atoms with van der Waals surface area (Å²) in [5, 5.41) is 11.7. The maximum Gasteiger partial charge on any atom is 0.123 e. The molecule has 3 heteroatoms. The van der Waals surface area contributed by atoms with Crippen molar-refractivity contribution in [3.05, 3.63) is 23.8 Å². The number of benzene rings is 1. The highest BCUT2D eigenvalue weighted by molar-refractivity contribution is 5.38. The Morgan fingerprint density at radius 2 is 0.500 bits per heavy atom. The van der Waals surface area contributed by atoms with Gasteiger partial charge in [0.15, 0.2) is 0 Å². The first-order valence-corrected chi connectivity index (χ1v) is 24.8. The zero-order valence-corrected chi connectivity index (χ0v) is 36.9. The Balaban J connectivity index is 1.89. The van der Waals surface area contributed by atoms with E-state index < -0.39 is 0 Å². The van der Waals surface area contributed by atoms with Crippen molar-refractivity contribution in [2.24, 2.45) is 0 Å². The van der Waals surface area contributed by atoms with Gasteiger partial charge in [-0.3, -0.25) is 0 Å². The van der Waals surface area contributed by atoms with Gasteiger partial charge in [0.05, 0.1) is 13.2 Å². The second-order valence-corrected chi connectivity index (χ2v) is 17.1. The molecule has 0 aromatic heterocycles. The first-order chi connectivity index (χ1) is 26.8. The van der Waals surface area contributed by atoms with Crippen LogP contribution >= 0.6 is 0 Å². The summed E-state index contributed by atoms with van der Waals surface area (Å²) in [6, 6.07) is 5.77. The van der Waals surface area contributed by atoms with Crippen molar-refractivity contribution in [2.75, 3.05) is 13.2 Å². The SMILES string of the molecule is CCCCCCCCCCCCCCCCCCCCCCOc1cc(C[O])cc(OCCCCCCCCCCCCCCCCCCCCCC)c1. The second kappa shape index (κ2) is 42.9. The van der Waals surface area contributed by atoms with Crippen molar-refractivity contribution >= 4 is 0 Å². The van der Waals surface area contributed by atoms with E-state index in [2.05, 4.69) is 13.8 Å². The maximum absolute atomic E-state index is 11.7. The molecule has 0 saturated heterocycles. The molecule has 0 aliphatic heterocycles. The van der Waals surface area contributed by atoms with Gasteiger partial charge in [-0.1, -0.05) is 258 Å². The lowest BCUT2D eigenvalue weighted by Gasteiger charge is -2.12. The molecule has 3 nitrogen and oxygen atoms in total. The fraction of sp³-hybridized carbons (Fsp3) is 0.882. The van der Waals surface area contributed by atoms with Gasteiger partial charge in [-0.2, -0.15) is 0 Å². The highest BCUT2D eigenvalue weighted by Gasteiger charge is 2.05. The molecule has 1 aromatic rings. The highest BCUT2D eigenvalue weighted by Crippen LogP contribution is 2.24. The van der Waals surface area contributed by atoms with Crippen LogP contribution in [0, 0.1) is 0 Å². The zero-order chi connectivity index (χ0) is 38.7. The Kier molecular flexibility index (Phi) is 40.4. The molecule has 0 bridgehead atoms. The maximum atomic E-state index is 11.7. The molecule has 1 rings (SSSR count). The predicted octanol–water partition coefficient (Wildman–Crippen LogP) is 18.0. The van der Waals surface area contributed by atoms with Gasteiger partial charge in [0.1, 0.15) is 18.1 Å². The molecule has 1 aromatic carbocycles. The van der Waals surface area contributed by atoms with Crippen LogP contribution in [-0.2, 0) is 11.7 Å². The third-order valence-corrected chi connectivity index (χ3v) is 11.6. The summed E-state index contributed by atoms with van der Waals surface area (Å²) >= 11 is 0. The lowest BCUT2D eigenvalue weighted by atomic mass is 10.0. The average molecular weight is 756 g/mol. The van der Waals surface area contributed by atoms with E-state index in [1.165, 1.54) is 244 Å². The van der Waals surface area contributed by atoms with E-state index in [9.17, 15) is 5.11 Å². The van der Waals surface area contributed by atoms with Gasteiger partial charge < -0.3 is 9.47 Å². The number of ether oxygens (including phenoxy) is 2. The smallest absolute Gasteiger partial charge is 0.123 e. The molecule has 0 aliphatic carbocycles. The van der Waals surface area contributed by atoms with Crippen LogP contribution in [0.2, 0.25) is 0 Å². The minimum Gasteiger partial charge on any atom is -0.493 e. The van der Waals surface area contributed by atoms with Crippen LogP contribution in [0.25, 0.3) is 0 Å². The van der Waals surface area contributed by atoms with E-state index in [-0.39, 0.29) is 6.61 Å². The normalized spacial score (nSPS) is 11.5. The Bertz CT molecular complexity index is 789. The molecule has 0 unspecified atom stereocenters. The first-order valence-electron chi connectivity index (χ1n) is 24.8. The number of unbranched alkanes of at least 4 members (excludes halogenated alkanes) is 38. The summed E-state index contributed by atoms with van der Waals surface area (Å²) < 4.78 is 12.1. The van der Waals surface area contributed by atoms with Crippen LogP contribution in [0.15, 0.2) is 18.2 Å². The van der Waals surface area contributed by atoms with Gasteiger partial charge in [0, 0.05) is 6.07 Å². The Hall–Kier alpha value is -1.22. The van der Waals surface area contributed by atoms with Crippen molar-refractivity contribution in [2.45, 2.75) is 277 Å². The number of hydrogen-bond acceptors (Lipinski definition) is 2. The summed E-state index contributed by atoms with van der Waals surface area (Å²) in [6.45, 7) is 5.81. The molecule has 0 saturated carbocycles. The summed E-state index contributed by atoms with van der Waals surface area (Å²) in [7, 11) is 0. The summed E-state index contributed by atoms with van der Waals surface area (Å²) in [6.07, 6.45) is 55.8. The minimum absolute atomic E-state index is 0.230. The topological polar surface area (TPSA) is 38.4 Å². The van der Waals surface area contributed by atoms with Crippen LogP contribution in [0.5, 0.6) is 11.5 Å². The Labute approximate surface area is 339 Å². The number of rotatable bonds is 45. The molecule has 0 amide bonds. The lowest BCUT2D eigenvalue weighted by Crippen LogP contribution is -2.01.